The fourth-order valence-corrected chi connectivity index (χ4v) is 4.26. The van der Waals surface area contributed by atoms with E-state index in [2.05, 4.69) is 20.3 Å². The van der Waals surface area contributed by atoms with Crippen LogP contribution in [0.2, 0.25) is 5.02 Å². The van der Waals surface area contributed by atoms with Crippen molar-refractivity contribution in [2.45, 2.75) is 32.7 Å². The van der Waals surface area contributed by atoms with Crippen LogP contribution in [-0.2, 0) is 0 Å². The van der Waals surface area contributed by atoms with Crippen LogP contribution in [0.3, 0.4) is 0 Å². The molecular formula is C23H21ClN6O2. The van der Waals surface area contributed by atoms with E-state index < -0.39 is 0 Å². The molecule has 1 amide bonds. The molecule has 162 valence electrons. The van der Waals surface area contributed by atoms with Gasteiger partial charge in [0, 0.05) is 17.1 Å². The van der Waals surface area contributed by atoms with Gasteiger partial charge in [-0.05, 0) is 62.1 Å². The van der Waals surface area contributed by atoms with Gasteiger partial charge in [0.15, 0.2) is 5.82 Å². The Morgan fingerprint density at radius 3 is 2.78 bits per heavy atom. The van der Waals surface area contributed by atoms with Crippen molar-refractivity contribution in [3.63, 3.8) is 0 Å². The summed E-state index contributed by atoms with van der Waals surface area (Å²) in [5.74, 6) is 0.803. The van der Waals surface area contributed by atoms with Gasteiger partial charge in [-0.1, -0.05) is 28.9 Å². The van der Waals surface area contributed by atoms with E-state index in [1.54, 1.807) is 35.5 Å². The van der Waals surface area contributed by atoms with Crippen LogP contribution >= 0.6 is 11.6 Å². The number of hydrogen-bond acceptors (Lipinski definition) is 6. The second-order valence-electron chi connectivity index (χ2n) is 7.84. The minimum absolute atomic E-state index is 0.166. The highest BCUT2D eigenvalue weighted by molar-refractivity contribution is 6.31. The Morgan fingerprint density at radius 1 is 1.16 bits per heavy atom. The molecule has 0 bridgehead atoms. The summed E-state index contributed by atoms with van der Waals surface area (Å²) in [6.07, 6.45) is 4.73. The third-order valence-electron chi connectivity index (χ3n) is 5.91. The first kappa shape index (κ1) is 20.4. The number of halogens is 1. The summed E-state index contributed by atoms with van der Waals surface area (Å²) in [7, 11) is 0. The van der Waals surface area contributed by atoms with Crippen LogP contribution in [0.25, 0.3) is 17.1 Å². The molecule has 32 heavy (non-hydrogen) atoms. The number of carbonyl (C=O) groups is 1. The van der Waals surface area contributed by atoms with Crippen molar-refractivity contribution in [1.82, 2.24) is 30.0 Å². The second-order valence-corrected chi connectivity index (χ2v) is 8.28. The summed E-state index contributed by atoms with van der Waals surface area (Å²) < 4.78 is 5.59. The monoisotopic (exact) mass is 448 g/mol. The Labute approximate surface area is 189 Å². The smallest absolute Gasteiger partial charge is 0.258 e. The van der Waals surface area contributed by atoms with E-state index in [0.717, 1.165) is 29.5 Å². The number of aryl methyl sites for hydroxylation is 1. The number of nitrogens with zero attached hydrogens (tertiary/aromatic N) is 6. The van der Waals surface area contributed by atoms with E-state index in [9.17, 15) is 4.79 Å². The summed E-state index contributed by atoms with van der Waals surface area (Å²) in [6.45, 7) is 4.67. The molecule has 1 saturated heterocycles. The van der Waals surface area contributed by atoms with Gasteiger partial charge >= 0.3 is 0 Å². The van der Waals surface area contributed by atoms with Gasteiger partial charge in [-0.25, -0.2) is 0 Å². The zero-order valence-electron chi connectivity index (χ0n) is 17.7. The highest BCUT2D eigenvalue weighted by atomic mass is 35.5. The first-order valence-electron chi connectivity index (χ1n) is 10.4. The van der Waals surface area contributed by atoms with Gasteiger partial charge in [0.25, 0.3) is 11.8 Å². The lowest BCUT2D eigenvalue weighted by molar-refractivity contribution is 0.0728. The molecule has 0 radical (unpaired) electrons. The summed E-state index contributed by atoms with van der Waals surface area (Å²) in [5.41, 5.74) is 4.15. The van der Waals surface area contributed by atoms with Crippen LogP contribution in [0.4, 0.5) is 0 Å². The maximum atomic E-state index is 13.6. The number of hydrogen-bond donors (Lipinski definition) is 0. The zero-order valence-corrected chi connectivity index (χ0v) is 18.5. The molecule has 1 atom stereocenters. The van der Waals surface area contributed by atoms with Crippen molar-refractivity contribution in [3.05, 3.63) is 76.3 Å². The molecule has 1 unspecified atom stereocenters. The van der Waals surface area contributed by atoms with Crippen LogP contribution in [0, 0.1) is 13.8 Å². The summed E-state index contributed by atoms with van der Waals surface area (Å²) in [5, 5.41) is 13.0. The molecule has 1 aliphatic heterocycles. The van der Waals surface area contributed by atoms with Gasteiger partial charge in [-0.15, -0.1) is 0 Å². The molecular weight excluding hydrogens is 428 g/mol. The van der Waals surface area contributed by atoms with Crippen molar-refractivity contribution >= 4 is 17.5 Å². The van der Waals surface area contributed by atoms with Crippen LogP contribution < -0.4 is 0 Å². The van der Waals surface area contributed by atoms with Gasteiger partial charge in [0.2, 0.25) is 0 Å². The minimum atomic E-state index is -0.275. The third-order valence-corrected chi connectivity index (χ3v) is 6.15. The molecule has 0 N–H and O–H groups in total. The van der Waals surface area contributed by atoms with Crippen LogP contribution in [0.15, 0.2) is 53.3 Å². The number of amides is 1. The molecule has 0 aliphatic carbocycles. The van der Waals surface area contributed by atoms with E-state index in [4.69, 9.17) is 16.1 Å². The molecule has 2 aromatic carbocycles. The standard InChI is InChI=1S/C23H21ClN6O2/c1-14-5-3-6-17(15(14)2)22-27-21(28-32-22)20-7-4-12-29(20)23(31)18-13-16(24)8-9-19(18)30-25-10-11-26-30/h3,5-6,8-11,13,20H,4,7,12H2,1-2H3. The van der Waals surface area contributed by atoms with E-state index >= 15 is 0 Å². The number of aromatic nitrogens is 5. The normalized spacial score (nSPS) is 16.0. The van der Waals surface area contributed by atoms with Crippen LogP contribution in [0.5, 0.6) is 0 Å². The van der Waals surface area contributed by atoms with Crippen molar-refractivity contribution in [2.24, 2.45) is 0 Å². The van der Waals surface area contributed by atoms with Crippen LogP contribution in [0.1, 0.15) is 46.2 Å². The Morgan fingerprint density at radius 2 is 1.97 bits per heavy atom. The molecule has 9 heteroatoms. The maximum Gasteiger partial charge on any atom is 0.258 e. The van der Waals surface area contributed by atoms with E-state index in [0.29, 0.717) is 34.5 Å². The first-order chi connectivity index (χ1) is 15.5. The molecule has 1 aliphatic rings. The molecule has 0 saturated carbocycles. The SMILES string of the molecule is Cc1cccc(-c2nc(C3CCCN3C(=O)c3cc(Cl)ccc3-n3nccn3)no2)c1C. The third kappa shape index (κ3) is 3.56. The minimum Gasteiger partial charge on any atom is -0.334 e. The molecule has 2 aromatic heterocycles. The lowest BCUT2D eigenvalue weighted by atomic mass is 10.0. The summed E-state index contributed by atoms with van der Waals surface area (Å²) >= 11 is 6.22. The van der Waals surface area contributed by atoms with Crippen molar-refractivity contribution in [1.29, 1.82) is 0 Å². The van der Waals surface area contributed by atoms with E-state index in [1.807, 2.05) is 32.0 Å². The molecule has 4 aromatic rings. The van der Waals surface area contributed by atoms with Crippen LogP contribution in [-0.4, -0.2) is 42.5 Å². The van der Waals surface area contributed by atoms with Gasteiger partial charge < -0.3 is 9.42 Å². The average molecular weight is 449 g/mol. The molecule has 8 nitrogen and oxygen atoms in total. The van der Waals surface area contributed by atoms with Crippen molar-refractivity contribution in [3.8, 4) is 17.1 Å². The average Bonchev–Trinajstić information content (AvgIpc) is 3.56. The number of likely N-dealkylation sites (tertiary alicyclic amines) is 1. The largest absolute Gasteiger partial charge is 0.334 e. The predicted molar refractivity (Wildman–Crippen MR) is 119 cm³/mol. The lowest BCUT2D eigenvalue weighted by Gasteiger charge is -2.23. The zero-order chi connectivity index (χ0) is 22.2. The van der Waals surface area contributed by atoms with Gasteiger partial charge in [0.1, 0.15) is 0 Å². The Bertz CT molecular complexity index is 1280. The Kier molecular flexibility index (Phi) is 5.22. The van der Waals surface area contributed by atoms with E-state index in [-0.39, 0.29) is 11.9 Å². The summed E-state index contributed by atoms with van der Waals surface area (Å²) in [4.78, 5) is 21.4. The maximum absolute atomic E-state index is 13.6. The van der Waals surface area contributed by atoms with E-state index in [1.165, 1.54) is 4.80 Å². The lowest BCUT2D eigenvalue weighted by Crippen LogP contribution is -2.32. The van der Waals surface area contributed by atoms with Crippen molar-refractivity contribution in [2.75, 3.05) is 6.54 Å². The van der Waals surface area contributed by atoms with Gasteiger partial charge in [0.05, 0.1) is 29.7 Å². The Hall–Kier alpha value is -3.52. The number of benzene rings is 2. The molecule has 5 rings (SSSR count). The molecule has 0 spiro atoms. The summed E-state index contributed by atoms with van der Waals surface area (Å²) in [6, 6.07) is 10.8. The fourth-order valence-electron chi connectivity index (χ4n) is 4.09. The predicted octanol–water partition coefficient (Wildman–Crippen LogP) is 4.56. The molecule has 3 heterocycles. The first-order valence-corrected chi connectivity index (χ1v) is 10.8. The van der Waals surface area contributed by atoms with Gasteiger partial charge in [-0.2, -0.15) is 20.0 Å². The highest BCUT2D eigenvalue weighted by Crippen LogP contribution is 2.34. The fraction of sp³-hybridized carbons (Fsp3) is 0.261. The topological polar surface area (TPSA) is 89.9 Å². The molecule has 1 fully saturated rings. The van der Waals surface area contributed by atoms with Gasteiger partial charge in [-0.3, -0.25) is 4.79 Å². The highest BCUT2D eigenvalue weighted by Gasteiger charge is 2.35. The quantitative estimate of drug-likeness (QED) is 0.454. The number of carbonyl (C=O) groups excluding carboxylic acids is 1. The Balaban J connectivity index is 1.48. The second kappa shape index (κ2) is 8.20. The van der Waals surface area contributed by atoms with Crippen molar-refractivity contribution < 1.29 is 9.32 Å². The number of rotatable bonds is 4.